The van der Waals surface area contributed by atoms with Gasteiger partial charge < -0.3 is 14.8 Å². The number of hydrogen-bond acceptors (Lipinski definition) is 4. The van der Waals surface area contributed by atoms with E-state index in [0.717, 1.165) is 17.0 Å². The van der Waals surface area contributed by atoms with E-state index >= 15 is 0 Å². The second kappa shape index (κ2) is 7.01. The number of ether oxygens (including phenoxy) is 2. The van der Waals surface area contributed by atoms with Crippen LogP contribution in [-0.2, 0) is 14.9 Å². The third kappa shape index (κ3) is 3.26. The molecule has 1 N–H and O–H groups in total. The maximum atomic E-state index is 13.1. The van der Waals surface area contributed by atoms with E-state index in [-0.39, 0.29) is 5.91 Å². The number of carbonyl (C=O) groups excluding carboxylic acids is 1. The number of anilines is 1. The molecule has 0 saturated carbocycles. The van der Waals surface area contributed by atoms with Crippen molar-refractivity contribution in [3.05, 3.63) is 53.7 Å². The molecule has 24 heavy (non-hydrogen) atoms. The van der Waals surface area contributed by atoms with Crippen molar-refractivity contribution in [2.75, 3.05) is 25.6 Å². The second-order valence-electron chi connectivity index (χ2n) is 6.04. The molecule has 2 heterocycles. The van der Waals surface area contributed by atoms with Crippen molar-refractivity contribution >= 4 is 11.7 Å². The molecule has 0 unspecified atom stereocenters. The van der Waals surface area contributed by atoms with Crippen LogP contribution in [0.5, 0.6) is 5.75 Å². The number of aryl methyl sites for hydroxylation is 1. The van der Waals surface area contributed by atoms with Crippen LogP contribution in [0.25, 0.3) is 0 Å². The summed E-state index contributed by atoms with van der Waals surface area (Å²) in [5.41, 5.74) is 1.26. The average molecular weight is 326 g/mol. The topological polar surface area (TPSA) is 60.5 Å². The number of nitrogens with one attached hydrogen (secondary N) is 1. The first-order valence-electron chi connectivity index (χ1n) is 8.11. The summed E-state index contributed by atoms with van der Waals surface area (Å²) in [5, 5.41) is 2.98. The molecule has 0 aliphatic carbocycles. The van der Waals surface area contributed by atoms with Gasteiger partial charge in [0.15, 0.2) is 0 Å². The van der Waals surface area contributed by atoms with Gasteiger partial charge in [-0.25, -0.2) is 4.98 Å². The van der Waals surface area contributed by atoms with E-state index in [4.69, 9.17) is 9.47 Å². The molecule has 1 amide bonds. The summed E-state index contributed by atoms with van der Waals surface area (Å²) >= 11 is 0. The number of amides is 1. The van der Waals surface area contributed by atoms with Gasteiger partial charge in [0.1, 0.15) is 11.6 Å². The lowest BCUT2D eigenvalue weighted by Gasteiger charge is -2.36. The first-order chi connectivity index (χ1) is 11.6. The Morgan fingerprint density at radius 1 is 1.17 bits per heavy atom. The van der Waals surface area contributed by atoms with E-state index in [0.29, 0.717) is 31.9 Å². The van der Waals surface area contributed by atoms with Gasteiger partial charge in [0.25, 0.3) is 0 Å². The fraction of sp³-hybridized carbons (Fsp3) is 0.368. The zero-order valence-electron chi connectivity index (χ0n) is 14.0. The van der Waals surface area contributed by atoms with Crippen LogP contribution in [-0.4, -0.2) is 31.2 Å². The van der Waals surface area contributed by atoms with E-state index in [2.05, 4.69) is 10.3 Å². The minimum atomic E-state index is -0.601. The molecule has 2 aromatic rings. The normalized spacial score (nSPS) is 16.4. The third-order valence-electron chi connectivity index (χ3n) is 4.55. The lowest BCUT2D eigenvalue weighted by molar-refractivity contribution is -0.125. The highest BCUT2D eigenvalue weighted by Gasteiger charge is 2.41. The molecule has 5 nitrogen and oxygen atoms in total. The molecule has 0 atom stereocenters. The van der Waals surface area contributed by atoms with Gasteiger partial charge in [0.05, 0.1) is 12.5 Å². The van der Waals surface area contributed by atoms with Crippen LogP contribution in [0.1, 0.15) is 24.1 Å². The summed E-state index contributed by atoms with van der Waals surface area (Å²) in [6, 6.07) is 13.3. The molecule has 1 aromatic heterocycles. The van der Waals surface area contributed by atoms with Crippen molar-refractivity contribution in [1.82, 2.24) is 4.98 Å². The van der Waals surface area contributed by atoms with Gasteiger partial charge in [-0.15, -0.1) is 0 Å². The number of aromatic nitrogens is 1. The SMILES string of the molecule is COc1ccc(C2(C(=O)Nc3cccc(C)n3)CCOCC2)cc1. The molecule has 1 aromatic carbocycles. The molecule has 1 aliphatic heterocycles. The van der Waals surface area contributed by atoms with E-state index in [1.54, 1.807) is 7.11 Å². The molecule has 1 aliphatic rings. The quantitative estimate of drug-likeness (QED) is 0.938. The molecular weight excluding hydrogens is 304 g/mol. The summed E-state index contributed by atoms with van der Waals surface area (Å²) < 4.78 is 10.7. The highest BCUT2D eigenvalue weighted by Crippen LogP contribution is 2.36. The highest BCUT2D eigenvalue weighted by atomic mass is 16.5. The van der Waals surface area contributed by atoms with Crippen LogP contribution < -0.4 is 10.1 Å². The Morgan fingerprint density at radius 3 is 2.50 bits per heavy atom. The summed E-state index contributed by atoms with van der Waals surface area (Å²) in [4.78, 5) is 17.5. The van der Waals surface area contributed by atoms with E-state index < -0.39 is 5.41 Å². The minimum absolute atomic E-state index is 0.0333. The lowest BCUT2D eigenvalue weighted by Crippen LogP contribution is -2.45. The molecule has 5 heteroatoms. The molecular formula is C19H22N2O3. The van der Waals surface area contributed by atoms with Crippen molar-refractivity contribution in [3.63, 3.8) is 0 Å². The summed E-state index contributed by atoms with van der Waals surface area (Å²) in [6.07, 6.45) is 1.30. The van der Waals surface area contributed by atoms with Gasteiger partial charge in [-0.3, -0.25) is 4.79 Å². The molecule has 3 rings (SSSR count). The lowest BCUT2D eigenvalue weighted by atomic mass is 9.73. The molecule has 0 bridgehead atoms. The molecule has 0 radical (unpaired) electrons. The Balaban J connectivity index is 1.91. The number of rotatable bonds is 4. The first-order valence-corrected chi connectivity index (χ1v) is 8.11. The van der Waals surface area contributed by atoms with Gasteiger partial charge in [-0.05, 0) is 49.6 Å². The summed E-state index contributed by atoms with van der Waals surface area (Å²) in [6.45, 7) is 3.05. The molecule has 1 fully saturated rings. The first kappa shape index (κ1) is 16.5. The highest BCUT2D eigenvalue weighted by molar-refractivity contribution is 5.98. The molecule has 1 saturated heterocycles. The van der Waals surface area contributed by atoms with E-state index in [1.807, 2.05) is 49.4 Å². The second-order valence-corrected chi connectivity index (χ2v) is 6.04. The number of nitrogens with zero attached hydrogens (tertiary/aromatic N) is 1. The Bertz CT molecular complexity index is 707. The van der Waals surface area contributed by atoms with Crippen LogP contribution >= 0.6 is 0 Å². The Morgan fingerprint density at radius 2 is 1.88 bits per heavy atom. The van der Waals surface area contributed by atoms with Crippen molar-refractivity contribution < 1.29 is 14.3 Å². The minimum Gasteiger partial charge on any atom is -0.497 e. The van der Waals surface area contributed by atoms with Gasteiger partial charge in [0, 0.05) is 18.9 Å². The standard InChI is InChI=1S/C19H22N2O3/c1-14-4-3-5-17(20-14)21-18(22)19(10-12-24-13-11-19)15-6-8-16(23-2)9-7-15/h3-9H,10-13H2,1-2H3,(H,20,21,22). The molecule has 126 valence electrons. The van der Waals surface area contributed by atoms with Crippen molar-refractivity contribution in [2.24, 2.45) is 0 Å². The fourth-order valence-electron chi connectivity index (χ4n) is 3.13. The van der Waals surface area contributed by atoms with Crippen LogP contribution in [0, 0.1) is 6.92 Å². The Hall–Kier alpha value is -2.40. The average Bonchev–Trinajstić information content (AvgIpc) is 2.62. The van der Waals surface area contributed by atoms with Crippen LogP contribution in [0.2, 0.25) is 0 Å². The fourth-order valence-corrected chi connectivity index (χ4v) is 3.13. The van der Waals surface area contributed by atoms with Crippen LogP contribution in [0.4, 0.5) is 5.82 Å². The number of pyridine rings is 1. The van der Waals surface area contributed by atoms with E-state index in [9.17, 15) is 4.79 Å². The van der Waals surface area contributed by atoms with Crippen molar-refractivity contribution in [1.29, 1.82) is 0 Å². The summed E-state index contributed by atoms with van der Waals surface area (Å²) in [7, 11) is 1.63. The van der Waals surface area contributed by atoms with Crippen molar-refractivity contribution in [3.8, 4) is 5.75 Å². The maximum absolute atomic E-state index is 13.1. The van der Waals surface area contributed by atoms with E-state index in [1.165, 1.54) is 0 Å². The zero-order valence-corrected chi connectivity index (χ0v) is 14.0. The van der Waals surface area contributed by atoms with Gasteiger partial charge in [-0.2, -0.15) is 0 Å². The number of carbonyl (C=O) groups is 1. The Kier molecular flexibility index (Phi) is 4.81. The van der Waals surface area contributed by atoms with Crippen LogP contribution in [0.15, 0.2) is 42.5 Å². The summed E-state index contributed by atoms with van der Waals surface area (Å²) in [5.74, 6) is 1.33. The predicted molar refractivity (Wildman–Crippen MR) is 92.3 cm³/mol. The van der Waals surface area contributed by atoms with Gasteiger partial charge >= 0.3 is 0 Å². The number of benzene rings is 1. The monoisotopic (exact) mass is 326 g/mol. The Labute approximate surface area is 142 Å². The number of methoxy groups -OCH3 is 1. The number of hydrogen-bond donors (Lipinski definition) is 1. The largest absolute Gasteiger partial charge is 0.497 e. The molecule has 0 spiro atoms. The predicted octanol–water partition coefficient (Wildman–Crippen LogP) is 3.09. The van der Waals surface area contributed by atoms with Crippen molar-refractivity contribution in [2.45, 2.75) is 25.2 Å². The third-order valence-corrected chi connectivity index (χ3v) is 4.55. The smallest absolute Gasteiger partial charge is 0.236 e. The van der Waals surface area contributed by atoms with Crippen LogP contribution in [0.3, 0.4) is 0 Å². The van der Waals surface area contributed by atoms with Gasteiger partial charge in [0.2, 0.25) is 5.91 Å². The van der Waals surface area contributed by atoms with Gasteiger partial charge in [-0.1, -0.05) is 18.2 Å². The zero-order chi connectivity index (χ0) is 17.0. The maximum Gasteiger partial charge on any atom is 0.236 e.